The zero-order valence-electron chi connectivity index (χ0n) is 8.44. The highest BCUT2D eigenvalue weighted by molar-refractivity contribution is 7.92. The lowest BCUT2D eigenvalue weighted by Crippen LogP contribution is -2.13. The van der Waals surface area contributed by atoms with Crippen LogP contribution in [0.2, 0.25) is 0 Å². The van der Waals surface area contributed by atoms with Crippen molar-refractivity contribution in [1.82, 2.24) is 0 Å². The van der Waals surface area contributed by atoms with E-state index in [4.69, 9.17) is 5.73 Å². The Morgan fingerprint density at radius 3 is 2.40 bits per heavy atom. The van der Waals surface area contributed by atoms with Gasteiger partial charge in [0, 0.05) is 5.56 Å². The maximum atomic E-state index is 11.0. The van der Waals surface area contributed by atoms with E-state index in [0.717, 1.165) is 6.26 Å². The number of rotatable bonds is 3. The molecule has 0 radical (unpaired) electrons. The van der Waals surface area contributed by atoms with E-state index in [0.29, 0.717) is 16.8 Å². The molecule has 0 aromatic heterocycles. The molecule has 0 spiro atoms. The Labute approximate surface area is 88.3 Å². The minimum Gasteiger partial charge on any atom is -0.366 e. The van der Waals surface area contributed by atoms with Gasteiger partial charge in [0.1, 0.15) is 0 Å². The van der Waals surface area contributed by atoms with Gasteiger partial charge in [-0.15, -0.1) is 0 Å². The van der Waals surface area contributed by atoms with Gasteiger partial charge in [0.05, 0.1) is 11.9 Å². The summed E-state index contributed by atoms with van der Waals surface area (Å²) in [5.74, 6) is -0.538. The van der Waals surface area contributed by atoms with Gasteiger partial charge in [-0.2, -0.15) is 0 Å². The maximum absolute atomic E-state index is 11.0. The molecule has 0 heterocycles. The summed E-state index contributed by atoms with van der Waals surface area (Å²) in [5.41, 5.74) is 6.53. The Kier molecular flexibility index (Phi) is 2.99. The summed E-state index contributed by atoms with van der Waals surface area (Å²) < 4.78 is 24.3. The molecule has 0 fully saturated rings. The van der Waals surface area contributed by atoms with Crippen molar-refractivity contribution in [2.45, 2.75) is 6.92 Å². The second-order valence-electron chi connectivity index (χ2n) is 3.27. The molecule has 15 heavy (non-hydrogen) atoms. The number of nitrogens with two attached hydrogens (primary N) is 1. The number of carbonyl (C=O) groups is 1. The lowest BCUT2D eigenvalue weighted by Gasteiger charge is -2.08. The fourth-order valence-corrected chi connectivity index (χ4v) is 1.76. The quantitative estimate of drug-likeness (QED) is 0.787. The minimum atomic E-state index is -3.30. The van der Waals surface area contributed by atoms with E-state index in [1.54, 1.807) is 6.92 Å². The van der Waals surface area contributed by atoms with Crippen LogP contribution in [0.3, 0.4) is 0 Å². The van der Waals surface area contributed by atoms with Gasteiger partial charge in [0.25, 0.3) is 0 Å². The number of nitrogens with one attached hydrogen (secondary N) is 1. The second kappa shape index (κ2) is 3.90. The molecule has 1 aromatic carbocycles. The monoisotopic (exact) mass is 228 g/mol. The van der Waals surface area contributed by atoms with Crippen molar-refractivity contribution in [1.29, 1.82) is 0 Å². The molecule has 6 heteroatoms. The van der Waals surface area contributed by atoms with Gasteiger partial charge < -0.3 is 5.73 Å². The van der Waals surface area contributed by atoms with Crippen LogP contribution in [0.15, 0.2) is 18.2 Å². The molecular formula is C9H12N2O3S. The van der Waals surface area contributed by atoms with Gasteiger partial charge >= 0.3 is 0 Å². The highest BCUT2D eigenvalue weighted by atomic mass is 32.2. The largest absolute Gasteiger partial charge is 0.366 e. The van der Waals surface area contributed by atoms with E-state index in [9.17, 15) is 13.2 Å². The Morgan fingerprint density at radius 1 is 1.40 bits per heavy atom. The van der Waals surface area contributed by atoms with E-state index in [-0.39, 0.29) is 0 Å². The molecule has 5 nitrogen and oxygen atoms in total. The Balaban J connectivity index is 3.09. The number of benzene rings is 1. The van der Waals surface area contributed by atoms with Crippen molar-refractivity contribution in [3.8, 4) is 0 Å². The lowest BCUT2D eigenvalue weighted by molar-refractivity contribution is 0.1000. The van der Waals surface area contributed by atoms with Crippen LogP contribution in [0.25, 0.3) is 0 Å². The highest BCUT2D eigenvalue weighted by Crippen LogP contribution is 2.17. The summed E-state index contributed by atoms with van der Waals surface area (Å²) in [6.07, 6.45) is 1.06. The SMILES string of the molecule is Cc1cc(C(N)=O)ccc1NS(C)(=O)=O. The van der Waals surface area contributed by atoms with E-state index in [1.807, 2.05) is 0 Å². The van der Waals surface area contributed by atoms with Crippen LogP contribution >= 0.6 is 0 Å². The van der Waals surface area contributed by atoms with Crippen molar-refractivity contribution in [2.75, 3.05) is 11.0 Å². The van der Waals surface area contributed by atoms with E-state index < -0.39 is 15.9 Å². The van der Waals surface area contributed by atoms with Crippen LogP contribution in [-0.4, -0.2) is 20.6 Å². The van der Waals surface area contributed by atoms with Gasteiger partial charge in [0.2, 0.25) is 15.9 Å². The van der Waals surface area contributed by atoms with Gasteiger partial charge in [-0.3, -0.25) is 9.52 Å². The van der Waals surface area contributed by atoms with E-state index in [1.165, 1.54) is 18.2 Å². The number of sulfonamides is 1. The fraction of sp³-hybridized carbons (Fsp3) is 0.222. The van der Waals surface area contributed by atoms with Gasteiger partial charge in [0.15, 0.2) is 0 Å². The number of anilines is 1. The Bertz CT molecular complexity index is 494. The number of hydrogen-bond donors (Lipinski definition) is 2. The van der Waals surface area contributed by atoms with Crippen molar-refractivity contribution in [2.24, 2.45) is 5.73 Å². The Hall–Kier alpha value is -1.56. The summed E-state index contributed by atoms with van der Waals surface area (Å²) in [4.78, 5) is 10.8. The first-order valence-corrected chi connectivity index (χ1v) is 6.07. The average molecular weight is 228 g/mol. The molecule has 0 saturated carbocycles. The lowest BCUT2D eigenvalue weighted by atomic mass is 10.1. The molecule has 0 aliphatic heterocycles. The number of aryl methyl sites for hydroxylation is 1. The molecule has 0 aliphatic carbocycles. The van der Waals surface area contributed by atoms with Crippen molar-refractivity contribution in [3.63, 3.8) is 0 Å². The predicted molar refractivity (Wildman–Crippen MR) is 58.2 cm³/mol. The number of amides is 1. The van der Waals surface area contributed by atoms with Crippen LogP contribution in [0.4, 0.5) is 5.69 Å². The first-order valence-electron chi connectivity index (χ1n) is 4.18. The van der Waals surface area contributed by atoms with Gasteiger partial charge in [-0.05, 0) is 30.7 Å². The summed E-state index contributed by atoms with van der Waals surface area (Å²) in [6, 6.07) is 4.52. The third-order valence-corrected chi connectivity index (χ3v) is 2.40. The molecule has 1 amide bonds. The molecular weight excluding hydrogens is 216 g/mol. The molecule has 0 aliphatic rings. The summed E-state index contributed by atoms with van der Waals surface area (Å²) in [5, 5.41) is 0. The van der Waals surface area contributed by atoms with Crippen LogP contribution in [0.5, 0.6) is 0 Å². The molecule has 0 atom stereocenters. The number of carbonyl (C=O) groups excluding carboxylic acids is 1. The molecule has 0 bridgehead atoms. The zero-order chi connectivity index (χ0) is 11.6. The van der Waals surface area contributed by atoms with Crippen molar-refractivity contribution >= 4 is 21.6 Å². The van der Waals surface area contributed by atoms with Gasteiger partial charge in [-0.25, -0.2) is 8.42 Å². The maximum Gasteiger partial charge on any atom is 0.248 e. The third-order valence-electron chi connectivity index (χ3n) is 1.81. The van der Waals surface area contributed by atoms with E-state index >= 15 is 0 Å². The summed E-state index contributed by atoms with van der Waals surface area (Å²) in [7, 11) is -3.30. The summed E-state index contributed by atoms with van der Waals surface area (Å²) in [6.45, 7) is 1.69. The van der Waals surface area contributed by atoms with Gasteiger partial charge in [-0.1, -0.05) is 0 Å². The summed E-state index contributed by atoms with van der Waals surface area (Å²) >= 11 is 0. The van der Waals surface area contributed by atoms with E-state index in [2.05, 4.69) is 4.72 Å². The van der Waals surface area contributed by atoms with Crippen LogP contribution in [-0.2, 0) is 10.0 Å². The molecule has 1 rings (SSSR count). The molecule has 0 unspecified atom stereocenters. The molecule has 3 N–H and O–H groups in total. The standard InChI is InChI=1S/C9H12N2O3S/c1-6-5-7(9(10)12)3-4-8(6)11-15(2,13)14/h3-5,11H,1-2H3,(H2,10,12). The second-order valence-corrected chi connectivity index (χ2v) is 5.02. The number of hydrogen-bond acceptors (Lipinski definition) is 3. The average Bonchev–Trinajstić information content (AvgIpc) is 2.05. The smallest absolute Gasteiger partial charge is 0.248 e. The predicted octanol–water partition coefficient (Wildman–Crippen LogP) is 0.465. The van der Waals surface area contributed by atoms with Crippen LogP contribution < -0.4 is 10.5 Å². The van der Waals surface area contributed by atoms with Crippen molar-refractivity contribution < 1.29 is 13.2 Å². The third kappa shape index (κ3) is 3.25. The molecule has 0 saturated heterocycles. The first kappa shape index (κ1) is 11.5. The molecule has 82 valence electrons. The Morgan fingerprint density at radius 2 is 2.00 bits per heavy atom. The highest BCUT2D eigenvalue weighted by Gasteiger charge is 2.07. The zero-order valence-corrected chi connectivity index (χ0v) is 9.26. The van der Waals surface area contributed by atoms with Crippen molar-refractivity contribution in [3.05, 3.63) is 29.3 Å². The normalized spacial score (nSPS) is 11.1. The fourth-order valence-electron chi connectivity index (χ4n) is 1.13. The van der Waals surface area contributed by atoms with Crippen LogP contribution in [0.1, 0.15) is 15.9 Å². The first-order chi connectivity index (χ1) is 6.79. The minimum absolute atomic E-state index is 0.353. The molecule has 1 aromatic rings. The topological polar surface area (TPSA) is 89.3 Å². The van der Waals surface area contributed by atoms with Crippen LogP contribution in [0, 0.1) is 6.92 Å². The number of primary amides is 1.